The third-order valence-electron chi connectivity index (χ3n) is 13.9. The Labute approximate surface area is 202 Å². The van der Waals surface area contributed by atoms with Gasteiger partial charge in [-0.15, -0.1) is 0 Å². The van der Waals surface area contributed by atoms with Gasteiger partial charge in [0.05, 0.1) is 17.8 Å². The van der Waals surface area contributed by atoms with Gasteiger partial charge in [0.2, 0.25) is 0 Å². The van der Waals surface area contributed by atoms with E-state index >= 15 is 0 Å². The largest absolute Gasteiger partial charge is 0.393 e. The van der Waals surface area contributed by atoms with Crippen molar-refractivity contribution in [3.63, 3.8) is 0 Å². The van der Waals surface area contributed by atoms with Crippen molar-refractivity contribution in [2.24, 2.45) is 44.8 Å². The zero-order valence-corrected chi connectivity index (χ0v) is 22.5. The minimum absolute atomic E-state index is 0.0178. The number of ether oxygens (including phenoxy) is 1. The molecule has 5 aliphatic carbocycles. The summed E-state index contributed by atoms with van der Waals surface area (Å²) in [5, 5.41) is 21.8. The van der Waals surface area contributed by atoms with E-state index in [2.05, 4.69) is 48.5 Å². The maximum Gasteiger partial charge on any atom is 0.104 e. The van der Waals surface area contributed by atoms with Crippen LogP contribution in [0, 0.1) is 44.8 Å². The maximum atomic E-state index is 10.9. The zero-order chi connectivity index (χ0) is 23.9. The van der Waals surface area contributed by atoms with Gasteiger partial charge in [0, 0.05) is 5.41 Å². The Morgan fingerprint density at radius 1 is 0.606 bits per heavy atom. The quantitative estimate of drug-likeness (QED) is 0.408. The molecule has 1 saturated heterocycles. The fourth-order valence-corrected chi connectivity index (χ4v) is 12.1. The van der Waals surface area contributed by atoms with E-state index in [-0.39, 0.29) is 39.7 Å². The molecule has 6 aliphatic rings. The van der Waals surface area contributed by atoms with Crippen LogP contribution >= 0.6 is 0 Å². The van der Waals surface area contributed by atoms with E-state index in [0.29, 0.717) is 22.7 Å². The van der Waals surface area contributed by atoms with Gasteiger partial charge >= 0.3 is 0 Å². The molecule has 1 heterocycles. The molecule has 0 unspecified atom stereocenters. The third-order valence-corrected chi connectivity index (χ3v) is 13.9. The zero-order valence-electron chi connectivity index (χ0n) is 22.5. The lowest BCUT2D eigenvalue weighted by atomic mass is 9.41. The van der Waals surface area contributed by atoms with Gasteiger partial charge in [-0.2, -0.15) is 0 Å². The van der Waals surface area contributed by atoms with Crippen molar-refractivity contribution in [1.82, 2.24) is 0 Å². The average Bonchev–Trinajstić information content (AvgIpc) is 3.38. The number of epoxide rings is 1. The number of hydrogen-bond donors (Lipinski definition) is 2. The Bertz CT molecular complexity index is 845. The maximum absolute atomic E-state index is 10.9. The van der Waals surface area contributed by atoms with E-state index in [9.17, 15) is 10.2 Å². The first kappa shape index (κ1) is 23.3. The molecule has 3 heteroatoms. The standard InChI is InChI=1S/C30H50O3/c1-24(2)19-8-13-26(5)18-29-16-9-20-25(3,4)23(32)12-15-28(20,7)30(29,33-29)17-10-21(26)27(19,6)14-11-22(24)31/h19-23,31-32H,8-18H2,1-7H3/t19-,20-,21-,22-,23+,26-,27-,28-,29+,30+/m0/s1. The molecule has 0 aromatic carbocycles. The van der Waals surface area contributed by atoms with Gasteiger partial charge in [-0.1, -0.05) is 48.5 Å². The second-order valence-electron chi connectivity index (χ2n) is 15.7. The van der Waals surface area contributed by atoms with Crippen LogP contribution in [-0.2, 0) is 4.74 Å². The molecule has 0 spiro atoms. The minimum Gasteiger partial charge on any atom is -0.393 e. The normalized spacial score (nSPS) is 60.8. The van der Waals surface area contributed by atoms with Gasteiger partial charge in [0.15, 0.2) is 0 Å². The fraction of sp³-hybridized carbons (Fsp3) is 1.00. The lowest BCUT2D eigenvalue weighted by Crippen LogP contribution is -2.60. The van der Waals surface area contributed by atoms with Crippen molar-refractivity contribution in [2.75, 3.05) is 0 Å². The Morgan fingerprint density at radius 3 is 1.88 bits per heavy atom. The van der Waals surface area contributed by atoms with E-state index in [1.807, 2.05) is 0 Å². The van der Waals surface area contributed by atoms with Crippen molar-refractivity contribution in [1.29, 1.82) is 0 Å². The first-order chi connectivity index (χ1) is 15.2. The fourth-order valence-electron chi connectivity index (χ4n) is 12.1. The molecular formula is C30H50O3. The van der Waals surface area contributed by atoms with Crippen molar-refractivity contribution >= 4 is 0 Å². The monoisotopic (exact) mass is 458 g/mol. The highest BCUT2D eigenvalue weighted by atomic mass is 16.6. The highest BCUT2D eigenvalue weighted by Crippen LogP contribution is 2.80. The topological polar surface area (TPSA) is 53.0 Å². The van der Waals surface area contributed by atoms with E-state index in [0.717, 1.165) is 25.2 Å². The number of rotatable bonds is 0. The molecule has 188 valence electrons. The molecule has 6 fully saturated rings. The molecule has 10 atom stereocenters. The molecule has 33 heavy (non-hydrogen) atoms. The second-order valence-corrected chi connectivity index (χ2v) is 15.7. The van der Waals surface area contributed by atoms with Gasteiger partial charge in [-0.05, 0) is 110 Å². The van der Waals surface area contributed by atoms with Gasteiger partial charge in [0.25, 0.3) is 0 Å². The summed E-state index contributed by atoms with van der Waals surface area (Å²) < 4.78 is 7.11. The van der Waals surface area contributed by atoms with Crippen LogP contribution in [0.3, 0.4) is 0 Å². The molecule has 0 radical (unpaired) electrons. The van der Waals surface area contributed by atoms with Gasteiger partial charge in [-0.25, -0.2) is 0 Å². The van der Waals surface area contributed by atoms with Crippen molar-refractivity contribution in [3.8, 4) is 0 Å². The van der Waals surface area contributed by atoms with E-state index in [1.54, 1.807) is 0 Å². The van der Waals surface area contributed by atoms with Gasteiger partial charge in [-0.3, -0.25) is 0 Å². The first-order valence-corrected chi connectivity index (χ1v) is 14.3. The molecule has 0 bridgehead atoms. The highest BCUT2D eigenvalue weighted by Gasteiger charge is 2.83. The van der Waals surface area contributed by atoms with Crippen molar-refractivity contribution in [2.45, 2.75) is 143 Å². The summed E-state index contributed by atoms with van der Waals surface area (Å²) in [6.45, 7) is 17.1. The van der Waals surface area contributed by atoms with Crippen molar-refractivity contribution < 1.29 is 14.9 Å². The lowest BCUT2D eigenvalue weighted by molar-refractivity contribution is -0.176. The molecule has 6 rings (SSSR count). The summed E-state index contributed by atoms with van der Waals surface area (Å²) in [6, 6.07) is 0. The van der Waals surface area contributed by atoms with Crippen LogP contribution in [-0.4, -0.2) is 33.6 Å². The Hall–Kier alpha value is -0.120. The Morgan fingerprint density at radius 2 is 1.18 bits per heavy atom. The molecule has 1 aliphatic heterocycles. The van der Waals surface area contributed by atoms with Crippen LogP contribution in [0.1, 0.15) is 119 Å². The lowest BCUT2D eigenvalue weighted by Gasteiger charge is -2.64. The van der Waals surface area contributed by atoms with Gasteiger partial charge in [0.1, 0.15) is 5.60 Å². The Balaban J connectivity index is 1.38. The molecule has 0 aromatic heterocycles. The third kappa shape index (κ3) is 2.54. The summed E-state index contributed by atoms with van der Waals surface area (Å²) in [7, 11) is 0. The number of aliphatic hydroxyl groups is 2. The number of fused-ring (bicyclic) bond motifs is 4. The SMILES string of the molecule is CC1(C)[C@@H](O)CC[C@@]2(C)[C@H]1CC[C@@]1(C)C[C@]34CC[C@H]5C(C)(C)[C@H](O)CC[C@]5(C)[C@@]3(CC[C@@H]12)O4. The van der Waals surface area contributed by atoms with E-state index < -0.39 is 0 Å². The number of hydrogen-bond acceptors (Lipinski definition) is 3. The predicted molar refractivity (Wildman–Crippen MR) is 132 cm³/mol. The minimum atomic E-state index is -0.181. The van der Waals surface area contributed by atoms with Crippen LogP contribution in [0.2, 0.25) is 0 Å². The van der Waals surface area contributed by atoms with E-state index in [1.165, 1.54) is 51.4 Å². The first-order valence-electron chi connectivity index (χ1n) is 14.3. The van der Waals surface area contributed by atoms with Crippen LogP contribution < -0.4 is 0 Å². The Kier molecular flexibility index (Phi) is 4.52. The molecular weight excluding hydrogens is 408 g/mol. The molecule has 0 amide bonds. The summed E-state index contributed by atoms with van der Waals surface area (Å²) in [6.07, 6.45) is 12.5. The van der Waals surface area contributed by atoms with Crippen LogP contribution in [0.4, 0.5) is 0 Å². The summed E-state index contributed by atoms with van der Waals surface area (Å²) in [5.74, 6) is 1.89. The second kappa shape index (κ2) is 6.41. The van der Waals surface area contributed by atoms with Crippen LogP contribution in [0.5, 0.6) is 0 Å². The van der Waals surface area contributed by atoms with Crippen LogP contribution in [0.15, 0.2) is 0 Å². The summed E-state index contributed by atoms with van der Waals surface area (Å²) in [4.78, 5) is 0. The smallest absolute Gasteiger partial charge is 0.104 e. The predicted octanol–water partition coefficient (Wildman–Crippen LogP) is 6.50. The molecule has 3 nitrogen and oxygen atoms in total. The summed E-state index contributed by atoms with van der Waals surface area (Å²) >= 11 is 0. The van der Waals surface area contributed by atoms with Gasteiger partial charge < -0.3 is 14.9 Å². The molecule has 5 saturated carbocycles. The van der Waals surface area contributed by atoms with E-state index in [4.69, 9.17) is 4.74 Å². The van der Waals surface area contributed by atoms with Crippen LogP contribution in [0.25, 0.3) is 0 Å². The average molecular weight is 459 g/mol. The summed E-state index contributed by atoms with van der Waals surface area (Å²) in [5.41, 5.74) is 0.941. The molecule has 2 N–H and O–H groups in total. The highest BCUT2D eigenvalue weighted by molar-refractivity contribution is 5.31. The van der Waals surface area contributed by atoms with Crippen molar-refractivity contribution in [3.05, 3.63) is 0 Å². The number of aliphatic hydroxyl groups excluding tert-OH is 2. The molecule has 0 aromatic rings.